The summed E-state index contributed by atoms with van der Waals surface area (Å²) in [6.07, 6.45) is 2.58. The van der Waals surface area contributed by atoms with Crippen molar-refractivity contribution in [3.05, 3.63) is 50.9 Å². The van der Waals surface area contributed by atoms with Crippen LogP contribution in [0.4, 0.5) is 0 Å². The lowest BCUT2D eigenvalue weighted by Gasteiger charge is -2.10. The third-order valence-corrected chi connectivity index (χ3v) is 3.62. The van der Waals surface area contributed by atoms with Crippen molar-refractivity contribution in [2.24, 2.45) is 5.73 Å². The monoisotopic (exact) mass is 252 g/mol. The number of thiophene rings is 1. The second-order valence-electron chi connectivity index (χ2n) is 3.77. The Morgan fingerprint density at radius 3 is 2.88 bits per heavy atom. The number of pyridine rings is 1. The van der Waals surface area contributed by atoms with Gasteiger partial charge in [0.2, 0.25) is 0 Å². The molecule has 16 heavy (non-hydrogen) atoms. The number of nitrogens with two attached hydrogens (primary N) is 1. The summed E-state index contributed by atoms with van der Waals surface area (Å²) >= 11 is 7.45. The third-order valence-electron chi connectivity index (χ3n) is 2.37. The van der Waals surface area contributed by atoms with Gasteiger partial charge in [0.15, 0.2) is 0 Å². The summed E-state index contributed by atoms with van der Waals surface area (Å²) in [4.78, 5) is 5.48. The number of hydrogen-bond acceptors (Lipinski definition) is 3. The summed E-state index contributed by atoms with van der Waals surface area (Å²) in [7, 11) is 0. The third kappa shape index (κ3) is 2.82. The van der Waals surface area contributed by atoms with Crippen LogP contribution in [0.3, 0.4) is 0 Å². The predicted molar refractivity (Wildman–Crippen MR) is 68.9 cm³/mol. The van der Waals surface area contributed by atoms with Gasteiger partial charge < -0.3 is 5.73 Å². The SMILES string of the molecule is Cc1ccnc(C(N)Cc2ccc(Cl)s2)c1. The van der Waals surface area contributed by atoms with Gasteiger partial charge in [-0.2, -0.15) is 0 Å². The first-order valence-corrected chi connectivity index (χ1v) is 6.27. The van der Waals surface area contributed by atoms with Crippen LogP contribution in [0.25, 0.3) is 0 Å². The summed E-state index contributed by atoms with van der Waals surface area (Å²) in [6, 6.07) is 7.85. The van der Waals surface area contributed by atoms with Crippen molar-refractivity contribution in [2.45, 2.75) is 19.4 Å². The molecule has 0 saturated heterocycles. The molecule has 0 radical (unpaired) electrons. The minimum Gasteiger partial charge on any atom is -0.322 e. The van der Waals surface area contributed by atoms with E-state index in [1.54, 1.807) is 17.5 Å². The quantitative estimate of drug-likeness (QED) is 0.910. The van der Waals surface area contributed by atoms with E-state index in [0.717, 1.165) is 16.5 Å². The van der Waals surface area contributed by atoms with Gasteiger partial charge in [0, 0.05) is 17.5 Å². The molecule has 2 rings (SSSR count). The molecule has 2 nitrogen and oxygen atoms in total. The molecule has 4 heteroatoms. The average molecular weight is 253 g/mol. The summed E-state index contributed by atoms with van der Waals surface area (Å²) in [5.41, 5.74) is 8.23. The standard InChI is InChI=1S/C12H13ClN2S/c1-8-4-5-15-11(6-8)10(14)7-9-2-3-12(13)16-9/h2-6,10H,7,14H2,1H3. The van der Waals surface area contributed by atoms with Gasteiger partial charge in [0.1, 0.15) is 0 Å². The molecule has 1 atom stereocenters. The predicted octanol–water partition coefficient (Wildman–Crippen LogP) is 3.35. The Bertz CT molecular complexity index is 481. The Kier molecular flexibility index (Phi) is 3.59. The molecule has 0 amide bonds. The van der Waals surface area contributed by atoms with Crippen LogP contribution in [0.5, 0.6) is 0 Å². The average Bonchev–Trinajstić information content (AvgIpc) is 2.64. The number of nitrogens with zero attached hydrogens (tertiary/aromatic N) is 1. The van der Waals surface area contributed by atoms with Gasteiger partial charge in [-0.25, -0.2) is 0 Å². The Morgan fingerprint density at radius 1 is 1.44 bits per heavy atom. The van der Waals surface area contributed by atoms with Crippen LogP contribution >= 0.6 is 22.9 Å². The Balaban J connectivity index is 2.11. The summed E-state index contributed by atoms with van der Waals surface area (Å²) in [6.45, 7) is 2.04. The minimum absolute atomic E-state index is 0.0605. The van der Waals surface area contributed by atoms with Gasteiger partial charge >= 0.3 is 0 Å². The Hall–Kier alpha value is -0.900. The van der Waals surface area contributed by atoms with E-state index in [4.69, 9.17) is 17.3 Å². The highest BCUT2D eigenvalue weighted by atomic mass is 35.5. The number of aromatic nitrogens is 1. The van der Waals surface area contributed by atoms with Crippen molar-refractivity contribution in [3.8, 4) is 0 Å². The van der Waals surface area contributed by atoms with Crippen LogP contribution in [-0.4, -0.2) is 4.98 Å². The normalized spacial score (nSPS) is 12.7. The highest BCUT2D eigenvalue weighted by molar-refractivity contribution is 7.16. The topological polar surface area (TPSA) is 38.9 Å². The van der Waals surface area contributed by atoms with Crippen molar-refractivity contribution in [1.29, 1.82) is 0 Å². The fourth-order valence-corrected chi connectivity index (χ4v) is 2.69. The zero-order valence-electron chi connectivity index (χ0n) is 8.98. The number of hydrogen-bond donors (Lipinski definition) is 1. The smallest absolute Gasteiger partial charge is 0.0931 e. The van der Waals surface area contributed by atoms with E-state index in [-0.39, 0.29) is 6.04 Å². The van der Waals surface area contributed by atoms with Crippen molar-refractivity contribution in [1.82, 2.24) is 4.98 Å². The minimum atomic E-state index is -0.0605. The maximum absolute atomic E-state index is 6.11. The van der Waals surface area contributed by atoms with Gasteiger partial charge in [-0.3, -0.25) is 4.98 Å². The molecule has 0 aliphatic rings. The summed E-state index contributed by atoms with van der Waals surface area (Å²) in [5.74, 6) is 0. The van der Waals surface area contributed by atoms with Crippen molar-refractivity contribution >= 4 is 22.9 Å². The zero-order chi connectivity index (χ0) is 11.5. The van der Waals surface area contributed by atoms with Crippen molar-refractivity contribution in [3.63, 3.8) is 0 Å². The first kappa shape index (κ1) is 11.6. The second kappa shape index (κ2) is 4.95. The largest absolute Gasteiger partial charge is 0.322 e. The molecule has 2 aromatic rings. The van der Waals surface area contributed by atoms with Crippen LogP contribution in [0.15, 0.2) is 30.5 Å². The van der Waals surface area contributed by atoms with E-state index in [0.29, 0.717) is 0 Å². The van der Waals surface area contributed by atoms with E-state index >= 15 is 0 Å². The van der Waals surface area contributed by atoms with Gasteiger partial charge in [0.25, 0.3) is 0 Å². The fraction of sp³-hybridized carbons (Fsp3) is 0.250. The Morgan fingerprint density at radius 2 is 2.25 bits per heavy atom. The molecule has 0 saturated carbocycles. The van der Waals surface area contributed by atoms with Crippen LogP contribution < -0.4 is 5.73 Å². The molecule has 1 unspecified atom stereocenters. The first-order valence-electron chi connectivity index (χ1n) is 5.07. The van der Waals surface area contributed by atoms with E-state index in [1.807, 2.05) is 31.2 Å². The number of rotatable bonds is 3. The van der Waals surface area contributed by atoms with E-state index < -0.39 is 0 Å². The van der Waals surface area contributed by atoms with Gasteiger partial charge in [0.05, 0.1) is 16.1 Å². The molecule has 2 N–H and O–H groups in total. The van der Waals surface area contributed by atoms with Crippen LogP contribution in [-0.2, 0) is 6.42 Å². The van der Waals surface area contributed by atoms with Crippen LogP contribution in [0.1, 0.15) is 22.2 Å². The zero-order valence-corrected chi connectivity index (χ0v) is 10.6. The maximum atomic E-state index is 6.11. The molecule has 2 aromatic heterocycles. The molecule has 2 heterocycles. The molecular weight excluding hydrogens is 240 g/mol. The lowest BCUT2D eigenvalue weighted by molar-refractivity contribution is 0.702. The van der Waals surface area contributed by atoms with Crippen LogP contribution in [0.2, 0.25) is 4.34 Å². The molecule has 0 bridgehead atoms. The summed E-state index contributed by atoms with van der Waals surface area (Å²) < 4.78 is 0.805. The molecule has 0 aromatic carbocycles. The molecule has 84 valence electrons. The van der Waals surface area contributed by atoms with Crippen LogP contribution in [0, 0.1) is 6.92 Å². The van der Waals surface area contributed by atoms with Gasteiger partial charge in [-0.05, 0) is 36.8 Å². The lowest BCUT2D eigenvalue weighted by Crippen LogP contribution is -2.14. The molecule has 0 aliphatic heterocycles. The highest BCUT2D eigenvalue weighted by Crippen LogP contribution is 2.25. The van der Waals surface area contributed by atoms with Gasteiger partial charge in [-0.15, -0.1) is 11.3 Å². The first-order chi connectivity index (χ1) is 7.65. The molecule has 0 aliphatic carbocycles. The number of halogens is 1. The number of aryl methyl sites for hydroxylation is 1. The fourth-order valence-electron chi connectivity index (χ4n) is 1.55. The summed E-state index contributed by atoms with van der Waals surface area (Å²) in [5, 5.41) is 0. The lowest BCUT2D eigenvalue weighted by atomic mass is 10.1. The highest BCUT2D eigenvalue weighted by Gasteiger charge is 2.10. The van der Waals surface area contributed by atoms with E-state index in [9.17, 15) is 0 Å². The molecule has 0 spiro atoms. The van der Waals surface area contributed by atoms with Crippen molar-refractivity contribution < 1.29 is 0 Å². The maximum Gasteiger partial charge on any atom is 0.0931 e. The Labute approximate surface area is 104 Å². The molecule has 0 fully saturated rings. The molecular formula is C12H13ClN2S. The van der Waals surface area contributed by atoms with Gasteiger partial charge in [-0.1, -0.05) is 11.6 Å². The van der Waals surface area contributed by atoms with Crippen molar-refractivity contribution in [2.75, 3.05) is 0 Å². The second-order valence-corrected chi connectivity index (χ2v) is 5.57. The van der Waals surface area contributed by atoms with E-state index in [2.05, 4.69) is 4.98 Å². The van der Waals surface area contributed by atoms with E-state index in [1.165, 1.54) is 10.4 Å².